The summed E-state index contributed by atoms with van der Waals surface area (Å²) >= 11 is 0. The molecule has 0 saturated carbocycles. The van der Waals surface area contributed by atoms with Crippen molar-refractivity contribution in [1.29, 1.82) is 0 Å². The van der Waals surface area contributed by atoms with Crippen LogP contribution in [0, 0.1) is 13.8 Å². The topological polar surface area (TPSA) is 50.9 Å². The molecule has 0 aliphatic rings. The van der Waals surface area contributed by atoms with Gasteiger partial charge in [-0.25, -0.2) is 4.68 Å². The minimum absolute atomic E-state index is 0.517. The molecule has 2 rings (SSSR count). The fraction of sp³-hybridized carbons (Fsp3) is 0.429. The van der Waals surface area contributed by atoms with Crippen molar-refractivity contribution in [3.8, 4) is 0 Å². The predicted octanol–water partition coefficient (Wildman–Crippen LogP) is 2.39. The molecular weight excluding hydrogens is 226 g/mol. The number of benzene rings is 1. The fourth-order valence-electron chi connectivity index (χ4n) is 2.01. The normalized spacial score (nSPS) is 12.7. The lowest BCUT2D eigenvalue weighted by atomic mass is 10.0. The summed E-state index contributed by atoms with van der Waals surface area (Å²) in [5.74, 6) is 0. The number of hydrogen-bond donors (Lipinski definition) is 1. The van der Waals surface area contributed by atoms with Crippen LogP contribution in [0.3, 0.4) is 0 Å². The highest BCUT2D eigenvalue weighted by Crippen LogP contribution is 2.16. The van der Waals surface area contributed by atoms with Gasteiger partial charge < -0.3 is 5.11 Å². The lowest BCUT2D eigenvalue weighted by molar-refractivity contribution is 0.168. The van der Waals surface area contributed by atoms with E-state index in [0.717, 1.165) is 0 Å². The van der Waals surface area contributed by atoms with E-state index < -0.39 is 6.10 Å². The van der Waals surface area contributed by atoms with E-state index >= 15 is 0 Å². The molecule has 0 bridgehead atoms. The maximum absolute atomic E-state index is 9.70. The first kappa shape index (κ1) is 12.8. The number of aromatic nitrogens is 3. The Morgan fingerprint density at radius 1 is 1.28 bits per heavy atom. The molecule has 1 N–H and O–H groups in total. The number of rotatable bonds is 4. The average molecular weight is 245 g/mol. The molecule has 96 valence electrons. The summed E-state index contributed by atoms with van der Waals surface area (Å²) in [5, 5.41) is 17.8. The third-order valence-corrected chi connectivity index (χ3v) is 3.25. The van der Waals surface area contributed by atoms with Gasteiger partial charge >= 0.3 is 0 Å². The molecule has 4 heteroatoms. The zero-order valence-electron chi connectivity index (χ0n) is 11.1. The molecule has 4 nitrogen and oxygen atoms in total. The second-order valence-corrected chi connectivity index (χ2v) is 4.64. The first-order valence-electron chi connectivity index (χ1n) is 6.25. The monoisotopic (exact) mass is 245 g/mol. The summed E-state index contributed by atoms with van der Waals surface area (Å²) in [5.41, 5.74) is 4.41. The molecule has 0 aliphatic heterocycles. The van der Waals surface area contributed by atoms with Gasteiger partial charge in [0.25, 0.3) is 0 Å². The summed E-state index contributed by atoms with van der Waals surface area (Å²) in [6.07, 6.45) is 1.96. The molecule has 1 aromatic carbocycles. The van der Waals surface area contributed by atoms with E-state index in [9.17, 15) is 5.11 Å². The van der Waals surface area contributed by atoms with Crippen LogP contribution in [0.15, 0.2) is 24.4 Å². The van der Waals surface area contributed by atoms with Gasteiger partial charge in [-0.3, -0.25) is 0 Å². The molecule has 1 unspecified atom stereocenters. The zero-order chi connectivity index (χ0) is 13.1. The van der Waals surface area contributed by atoms with E-state index in [4.69, 9.17) is 0 Å². The van der Waals surface area contributed by atoms with Crippen molar-refractivity contribution in [3.63, 3.8) is 0 Å². The number of aliphatic hydroxyl groups is 1. The maximum atomic E-state index is 9.70. The van der Waals surface area contributed by atoms with Gasteiger partial charge in [0.1, 0.15) is 5.69 Å². The van der Waals surface area contributed by atoms with Crippen molar-refractivity contribution < 1.29 is 5.11 Å². The molecule has 0 amide bonds. The van der Waals surface area contributed by atoms with Gasteiger partial charge in [-0.05, 0) is 37.0 Å². The Hall–Kier alpha value is -1.68. The van der Waals surface area contributed by atoms with Crippen molar-refractivity contribution in [2.24, 2.45) is 0 Å². The lowest BCUT2D eigenvalue weighted by Gasteiger charge is -2.09. The van der Waals surface area contributed by atoms with Gasteiger partial charge in [0, 0.05) is 0 Å². The van der Waals surface area contributed by atoms with Crippen molar-refractivity contribution in [1.82, 2.24) is 15.0 Å². The average Bonchev–Trinajstić information content (AvgIpc) is 2.81. The Morgan fingerprint density at radius 2 is 1.94 bits per heavy atom. The molecule has 0 spiro atoms. The molecule has 0 saturated heterocycles. The second kappa shape index (κ2) is 5.31. The van der Waals surface area contributed by atoms with E-state index in [1.54, 1.807) is 4.68 Å². The van der Waals surface area contributed by atoms with Crippen LogP contribution in [0.2, 0.25) is 0 Å². The summed E-state index contributed by atoms with van der Waals surface area (Å²) in [6, 6.07) is 6.25. The molecule has 0 radical (unpaired) electrons. The summed E-state index contributed by atoms with van der Waals surface area (Å²) in [4.78, 5) is 0. The van der Waals surface area contributed by atoms with Crippen LogP contribution in [0.5, 0.6) is 0 Å². The third-order valence-electron chi connectivity index (χ3n) is 3.25. The fourth-order valence-corrected chi connectivity index (χ4v) is 2.01. The minimum atomic E-state index is -0.517. The SMILES string of the molecule is CCC(O)c1cn(Cc2c(C)cccc2C)nn1. The van der Waals surface area contributed by atoms with Gasteiger partial charge in [-0.1, -0.05) is 30.3 Å². The third kappa shape index (κ3) is 2.59. The zero-order valence-corrected chi connectivity index (χ0v) is 11.1. The van der Waals surface area contributed by atoms with E-state index in [1.807, 2.05) is 13.1 Å². The molecule has 1 heterocycles. The van der Waals surface area contributed by atoms with Crippen LogP contribution < -0.4 is 0 Å². The van der Waals surface area contributed by atoms with Gasteiger partial charge in [0.2, 0.25) is 0 Å². The quantitative estimate of drug-likeness (QED) is 0.899. The van der Waals surface area contributed by atoms with Crippen molar-refractivity contribution >= 4 is 0 Å². The van der Waals surface area contributed by atoms with Crippen LogP contribution in [-0.2, 0) is 6.54 Å². The first-order valence-corrected chi connectivity index (χ1v) is 6.25. The smallest absolute Gasteiger partial charge is 0.111 e. The number of nitrogens with zero attached hydrogens (tertiary/aromatic N) is 3. The van der Waals surface area contributed by atoms with Crippen molar-refractivity contribution in [2.75, 3.05) is 0 Å². The second-order valence-electron chi connectivity index (χ2n) is 4.64. The molecule has 0 fully saturated rings. The highest BCUT2D eigenvalue weighted by atomic mass is 16.3. The van der Waals surface area contributed by atoms with Gasteiger partial charge in [0.15, 0.2) is 0 Å². The summed E-state index contributed by atoms with van der Waals surface area (Å²) in [7, 11) is 0. The van der Waals surface area contributed by atoms with Gasteiger partial charge in [-0.2, -0.15) is 0 Å². The predicted molar refractivity (Wildman–Crippen MR) is 70.3 cm³/mol. The first-order chi connectivity index (χ1) is 8.61. The molecule has 0 aliphatic carbocycles. The van der Waals surface area contributed by atoms with E-state index in [0.29, 0.717) is 18.7 Å². The van der Waals surface area contributed by atoms with E-state index in [2.05, 4.69) is 42.4 Å². The Balaban J connectivity index is 2.21. The highest BCUT2D eigenvalue weighted by molar-refractivity contribution is 5.33. The van der Waals surface area contributed by atoms with Gasteiger partial charge in [-0.15, -0.1) is 5.10 Å². The number of aliphatic hydroxyl groups excluding tert-OH is 1. The highest BCUT2D eigenvalue weighted by Gasteiger charge is 2.10. The van der Waals surface area contributed by atoms with E-state index in [1.165, 1.54) is 16.7 Å². The van der Waals surface area contributed by atoms with Crippen molar-refractivity contribution in [3.05, 3.63) is 46.8 Å². The Labute approximate surface area is 107 Å². The van der Waals surface area contributed by atoms with Crippen LogP contribution in [-0.4, -0.2) is 20.1 Å². The molecular formula is C14H19N3O. The van der Waals surface area contributed by atoms with Crippen LogP contribution in [0.4, 0.5) is 0 Å². The Kier molecular flexibility index (Phi) is 3.77. The Morgan fingerprint density at radius 3 is 2.56 bits per heavy atom. The number of aryl methyl sites for hydroxylation is 2. The van der Waals surface area contributed by atoms with E-state index in [-0.39, 0.29) is 0 Å². The standard InChI is InChI=1S/C14H19N3O/c1-4-14(18)13-9-17(16-15-13)8-12-10(2)6-5-7-11(12)3/h5-7,9,14,18H,4,8H2,1-3H3. The largest absolute Gasteiger partial charge is 0.387 e. The van der Waals surface area contributed by atoms with Crippen molar-refractivity contribution in [2.45, 2.75) is 39.8 Å². The number of hydrogen-bond acceptors (Lipinski definition) is 3. The van der Waals surface area contributed by atoms with Gasteiger partial charge in [0.05, 0.1) is 18.8 Å². The summed E-state index contributed by atoms with van der Waals surface area (Å²) in [6.45, 7) is 6.82. The lowest BCUT2D eigenvalue weighted by Crippen LogP contribution is -2.04. The molecule has 1 atom stereocenters. The Bertz CT molecular complexity index is 513. The summed E-state index contributed by atoms with van der Waals surface area (Å²) < 4.78 is 1.78. The minimum Gasteiger partial charge on any atom is -0.387 e. The maximum Gasteiger partial charge on any atom is 0.111 e. The molecule has 1 aromatic heterocycles. The van der Waals surface area contributed by atoms with Crippen LogP contribution in [0.1, 0.15) is 41.8 Å². The molecule has 2 aromatic rings. The van der Waals surface area contributed by atoms with Crippen LogP contribution in [0.25, 0.3) is 0 Å². The van der Waals surface area contributed by atoms with Crippen LogP contribution >= 0.6 is 0 Å². The molecule has 18 heavy (non-hydrogen) atoms.